The maximum Gasteiger partial charge on any atom is 0.435 e. The molecule has 178 valence electrons. The average molecular weight is 474 g/mol. The summed E-state index contributed by atoms with van der Waals surface area (Å²) in [6, 6.07) is 6.00. The Morgan fingerprint density at radius 3 is 2.24 bits per heavy atom. The zero-order valence-electron chi connectivity index (χ0n) is 17.3. The predicted molar refractivity (Wildman–Crippen MR) is 105 cm³/mol. The molecule has 1 saturated carbocycles. The van der Waals surface area contributed by atoms with Gasteiger partial charge in [0, 0.05) is 30.4 Å². The Labute approximate surface area is 185 Å². The number of aryl methyl sites for hydroxylation is 1. The largest absolute Gasteiger partial charge is 0.435 e. The molecule has 1 fully saturated rings. The number of pyridine rings is 1. The third kappa shape index (κ3) is 4.08. The zero-order chi connectivity index (χ0) is 24.0. The fourth-order valence-electron chi connectivity index (χ4n) is 5.21. The van der Waals surface area contributed by atoms with Crippen molar-refractivity contribution in [2.24, 2.45) is 11.8 Å². The summed E-state index contributed by atoms with van der Waals surface area (Å²) in [4.78, 5) is 16.7. The van der Waals surface area contributed by atoms with Crippen LogP contribution in [0, 0.1) is 11.8 Å². The van der Waals surface area contributed by atoms with Crippen LogP contribution in [0.4, 0.5) is 30.7 Å². The van der Waals surface area contributed by atoms with E-state index in [9.17, 15) is 35.5 Å². The predicted octanol–water partition coefficient (Wildman–Crippen LogP) is 5.74. The minimum absolute atomic E-state index is 0.0684. The number of alkyl halides is 7. The highest BCUT2D eigenvalue weighted by Gasteiger charge is 2.73. The maximum atomic E-state index is 14.5. The molecule has 0 aliphatic heterocycles. The summed E-state index contributed by atoms with van der Waals surface area (Å²) < 4.78 is 93.2. The van der Waals surface area contributed by atoms with E-state index in [4.69, 9.17) is 0 Å². The first-order valence-corrected chi connectivity index (χ1v) is 10.6. The molecule has 3 unspecified atom stereocenters. The quantitative estimate of drug-likeness (QED) is 0.574. The lowest BCUT2D eigenvalue weighted by Crippen LogP contribution is -2.50. The summed E-state index contributed by atoms with van der Waals surface area (Å²) in [6.45, 7) is 0.336. The third-order valence-electron chi connectivity index (χ3n) is 6.84. The van der Waals surface area contributed by atoms with E-state index < -0.39 is 23.6 Å². The minimum Gasteiger partial charge on any atom is -0.352 e. The van der Waals surface area contributed by atoms with Crippen molar-refractivity contribution in [1.29, 1.82) is 0 Å². The molecule has 1 aromatic carbocycles. The van der Waals surface area contributed by atoms with Crippen LogP contribution in [0.1, 0.15) is 47.4 Å². The van der Waals surface area contributed by atoms with Crippen LogP contribution in [-0.4, -0.2) is 23.2 Å². The van der Waals surface area contributed by atoms with Crippen molar-refractivity contribution < 1.29 is 35.5 Å². The van der Waals surface area contributed by atoms with Gasteiger partial charge in [-0.15, -0.1) is 0 Å². The number of hydrogen-bond donors (Lipinski definition) is 1. The van der Waals surface area contributed by atoms with Gasteiger partial charge in [-0.1, -0.05) is 18.2 Å². The van der Waals surface area contributed by atoms with E-state index in [0.29, 0.717) is 43.5 Å². The number of nitrogens with zero attached hydrogens (tertiary/aromatic N) is 1. The number of benzene rings is 1. The van der Waals surface area contributed by atoms with Crippen LogP contribution < -0.4 is 5.32 Å². The number of fused-ring (bicyclic) bond motifs is 3. The highest BCUT2D eigenvalue weighted by atomic mass is 19.4. The highest BCUT2D eigenvalue weighted by Crippen LogP contribution is 2.55. The van der Waals surface area contributed by atoms with Gasteiger partial charge in [0.15, 0.2) is 0 Å². The normalized spacial score (nSPS) is 23.1. The number of amides is 1. The Morgan fingerprint density at radius 1 is 0.939 bits per heavy atom. The van der Waals surface area contributed by atoms with Crippen LogP contribution in [0.15, 0.2) is 42.7 Å². The van der Waals surface area contributed by atoms with Gasteiger partial charge in [0.2, 0.25) is 5.91 Å². The molecule has 1 aromatic heterocycles. The number of hydrogen-bond acceptors (Lipinski definition) is 2. The van der Waals surface area contributed by atoms with E-state index in [2.05, 4.69) is 10.3 Å². The zero-order valence-corrected chi connectivity index (χ0v) is 17.3. The summed E-state index contributed by atoms with van der Waals surface area (Å²) >= 11 is 0. The Morgan fingerprint density at radius 2 is 1.61 bits per heavy atom. The van der Waals surface area contributed by atoms with Crippen LogP contribution in [0.2, 0.25) is 0 Å². The minimum atomic E-state index is -6.14. The summed E-state index contributed by atoms with van der Waals surface area (Å²) in [5.74, 6) is -0.655. The lowest BCUT2D eigenvalue weighted by atomic mass is 9.73. The van der Waals surface area contributed by atoms with Gasteiger partial charge in [-0.2, -0.15) is 26.3 Å². The molecule has 0 radical (unpaired) electrons. The second kappa shape index (κ2) is 8.29. The van der Waals surface area contributed by atoms with Crippen molar-refractivity contribution in [1.82, 2.24) is 10.3 Å². The topological polar surface area (TPSA) is 42.0 Å². The number of rotatable bonds is 4. The lowest BCUT2D eigenvalue weighted by molar-refractivity contribution is -0.348. The Hall–Kier alpha value is -2.65. The van der Waals surface area contributed by atoms with Crippen molar-refractivity contribution >= 4 is 5.91 Å². The van der Waals surface area contributed by atoms with Crippen LogP contribution in [0.5, 0.6) is 0 Å². The summed E-state index contributed by atoms with van der Waals surface area (Å²) in [5, 5.41) is 2.89. The molecule has 0 spiro atoms. The van der Waals surface area contributed by atoms with Gasteiger partial charge in [-0.25, -0.2) is 4.39 Å². The summed E-state index contributed by atoms with van der Waals surface area (Å²) in [5.41, 5.74) is -5.12. The smallest absolute Gasteiger partial charge is 0.352 e. The Bertz CT molecular complexity index is 1010. The molecule has 4 rings (SSSR count). The fourth-order valence-corrected chi connectivity index (χ4v) is 5.21. The first kappa shape index (κ1) is 23.5. The number of carbonyl (C=O) groups is 1. The number of carbonyl (C=O) groups excluding carboxylic acids is 1. The van der Waals surface area contributed by atoms with Crippen molar-refractivity contribution in [2.75, 3.05) is 0 Å². The van der Waals surface area contributed by atoms with Gasteiger partial charge < -0.3 is 5.32 Å². The molecule has 2 aliphatic carbocycles. The molecule has 1 amide bonds. The molecule has 33 heavy (non-hydrogen) atoms. The van der Waals surface area contributed by atoms with Gasteiger partial charge in [-0.05, 0) is 66.3 Å². The van der Waals surface area contributed by atoms with Crippen molar-refractivity contribution in [2.45, 2.75) is 56.2 Å². The fraction of sp³-hybridized carbons (Fsp3) is 0.478. The summed E-state index contributed by atoms with van der Waals surface area (Å²) in [6.07, 6.45) is -7.27. The van der Waals surface area contributed by atoms with E-state index in [1.54, 1.807) is 24.5 Å². The molecule has 3 atom stereocenters. The third-order valence-corrected chi connectivity index (χ3v) is 6.84. The van der Waals surface area contributed by atoms with E-state index in [1.165, 1.54) is 6.07 Å². The van der Waals surface area contributed by atoms with Gasteiger partial charge in [-0.3, -0.25) is 9.78 Å². The average Bonchev–Trinajstić information content (AvgIpc) is 3.20. The molecular formula is C23H21F7N2O. The van der Waals surface area contributed by atoms with Crippen LogP contribution in [0.25, 0.3) is 0 Å². The van der Waals surface area contributed by atoms with E-state index in [1.807, 2.05) is 0 Å². The molecule has 2 aromatic rings. The van der Waals surface area contributed by atoms with Crippen LogP contribution >= 0.6 is 0 Å². The molecule has 0 bridgehead atoms. The van der Waals surface area contributed by atoms with Gasteiger partial charge in [0.25, 0.3) is 0 Å². The number of halogens is 7. The van der Waals surface area contributed by atoms with E-state index in [0.717, 1.165) is 5.56 Å². The second-order valence-corrected chi connectivity index (χ2v) is 8.63. The standard InChI is InChI=1S/C23H21F7N2O/c24-21(22(25,26)27,23(28,29)30)15-2-4-16-14(11-15)1-3-18-17(16)5-6-19(18)20(33)32-12-13-7-9-31-10-8-13/h2,4,7-11,17-19H,1,3,5-6,12H2,(H,32,33). The maximum absolute atomic E-state index is 14.5. The van der Waals surface area contributed by atoms with Crippen LogP contribution in [0.3, 0.4) is 0 Å². The van der Waals surface area contributed by atoms with E-state index >= 15 is 0 Å². The number of aromatic nitrogens is 1. The van der Waals surface area contributed by atoms with Crippen molar-refractivity contribution in [3.8, 4) is 0 Å². The molecule has 2 aliphatic rings. The van der Waals surface area contributed by atoms with Crippen LogP contribution in [-0.2, 0) is 23.4 Å². The van der Waals surface area contributed by atoms with E-state index in [-0.39, 0.29) is 35.6 Å². The van der Waals surface area contributed by atoms with Gasteiger partial charge in [0.05, 0.1) is 0 Å². The first-order valence-electron chi connectivity index (χ1n) is 10.6. The summed E-state index contributed by atoms with van der Waals surface area (Å²) in [7, 11) is 0. The SMILES string of the molecule is O=C(NCc1ccncc1)C1CCC2c3ccc(C(F)(C(F)(F)F)C(F)(F)F)cc3CCC12. The number of nitrogens with one attached hydrogen (secondary N) is 1. The van der Waals surface area contributed by atoms with Crippen molar-refractivity contribution in [3.63, 3.8) is 0 Å². The molecule has 1 heterocycles. The lowest BCUT2D eigenvalue weighted by Gasteiger charge is -2.34. The molecule has 3 nitrogen and oxygen atoms in total. The Balaban J connectivity index is 1.54. The second-order valence-electron chi connectivity index (χ2n) is 8.63. The van der Waals surface area contributed by atoms with Crippen molar-refractivity contribution in [3.05, 3.63) is 65.0 Å². The molecule has 10 heteroatoms. The molecule has 0 saturated heterocycles. The van der Waals surface area contributed by atoms with Gasteiger partial charge in [0.1, 0.15) is 0 Å². The highest BCUT2D eigenvalue weighted by molar-refractivity contribution is 5.79. The molecular weight excluding hydrogens is 453 g/mol. The molecule has 1 N–H and O–H groups in total. The monoisotopic (exact) mass is 474 g/mol. The first-order chi connectivity index (χ1) is 15.4. The van der Waals surface area contributed by atoms with Gasteiger partial charge >= 0.3 is 18.0 Å². The Kier molecular flexibility index (Phi) is 5.90.